The Morgan fingerprint density at radius 1 is 1.21 bits per heavy atom. The number of ether oxygens (including phenoxy) is 3. The largest absolute Gasteiger partial charge is 0.439 e. The summed E-state index contributed by atoms with van der Waals surface area (Å²) >= 11 is 6.09. The lowest BCUT2D eigenvalue weighted by Gasteiger charge is -2.30. The van der Waals surface area contributed by atoms with Gasteiger partial charge in [-0.1, -0.05) is 35.9 Å². The summed E-state index contributed by atoms with van der Waals surface area (Å²) in [5, 5.41) is 7.96. The second kappa shape index (κ2) is 10.4. The zero-order valence-corrected chi connectivity index (χ0v) is 17.0. The van der Waals surface area contributed by atoms with Crippen LogP contribution < -0.4 is 10.6 Å². The van der Waals surface area contributed by atoms with Crippen molar-refractivity contribution >= 4 is 34.4 Å². The number of rotatable bonds is 7. The van der Waals surface area contributed by atoms with E-state index < -0.39 is 6.09 Å². The maximum atomic E-state index is 11.5. The third kappa shape index (κ3) is 6.06. The molecular weight excluding hydrogens is 396 g/mol. The topological polar surface area (TPSA) is 85.9 Å². The fraction of sp³-hybridized carbons (Fsp3) is 0.429. The van der Waals surface area contributed by atoms with Crippen LogP contribution in [0.5, 0.6) is 0 Å². The molecule has 1 heterocycles. The summed E-state index contributed by atoms with van der Waals surface area (Å²) in [6.07, 6.45) is 0.430. The van der Waals surface area contributed by atoms with Crippen LogP contribution in [0.25, 0.3) is 10.8 Å². The zero-order chi connectivity index (χ0) is 20.6. The van der Waals surface area contributed by atoms with Crippen molar-refractivity contribution in [3.05, 3.63) is 47.0 Å². The number of hydrogen-bond acceptors (Lipinski definition) is 5. The third-order valence-electron chi connectivity index (χ3n) is 4.78. The molecule has 0 aromatic heterocycles. The van der Waals surface area contributed by atoms with Crippen LogP contribution in [0, 0.1) is 0 Å². The summed E-state index contributed by atoms with van der Waals surface area (Å²) in [7, 11) is 1.48. The number of likely N-dealkylation sites (N-methyl/N-ethyl adjacent to an activating group) is 1. The van der Waals surface area contributed by atoms with Gasteiger partial charge in [0.05, 0.1) is 13.2 Å². The van der Waals surface area contributed by atoms with Crippen LogP contribution >= 0.6 is 11.6 Å². The third-order valence-corrected chi connectivity index (χ3v) is 5.02. The number of carbonyl (C=O) groups excluding carboxylic acids is 2. The van der Waals surface area contributed by atoms with E-state index >= 15 is 0 Å². The van der Waals surface area contributed by atoms with Crippen molar-refractivity contribution in [2.45, 2.75) is 25.0 Å². The molecule has 2 N–H and O–H groups in total. The van der Waals surface area contributed by atoms with E-state index in [0.29, 0.717) is 32.6 Å². The highest BCUT2D eigenvalue weighted by Crippen LogP contribution is 2.31. The second-order valence-electron chi connectivity index (χ2n) is 6.82. The molecule has 0 spiro atoms. The van der Waals surface area contributed by atoms with Crippen LogP contribution in [0.4, 0.5) is 4.79 Å². The van der Waals surface area contributed by atoms with Crippen molar-refractivity contribution < 1.29 is 23.8 Å². The predicted octanol–water partition coefficient (Wildman–Crippen LogP) is 3.20. The van der Waals surface area contributed by atoms with Crippen molar-refractivity contribution in [2.24, 2.45) is 0 Å². The minimum absolute atomic E-state index is 0.161. The number of halogens is 1. The maximum absolute atomic E-state index is 11.5. The molecule has 1 fully saturated rings. The summed E-state index contributed by atoms with van der Waals surface area (Å²) in [5.41, 5.74) is 1.19. The first-order valence-electron chi connectivity index (χ1n) is 9.59. The number of benzene rings is 2. The molecule has 29 heavy (non-hydrogen) atoms. The highest BCUT2D eigenvalue weighted by molar-refractivity contribution is 6.31. The van der Waals surface area contributed by atoms with Gasteiger partial charge in [0.15, 0.2) is 12.9 Å². The zero-order valence-electron chi connectivity index (χ0n) is 16.3. The minimum Gasteiger partial charge on any atom is -0.439 e. The standard InChI is InChI=1S/C21H25ClN2O5/c1-23-19(25)13-29-21(26)24-9-3-6-20-27-11-15(12-28-20)17-5-2-4-14-10-16(22)7-8-18(14)17/h2,4-5,7-8,10,15,20H,3,6,9,11-13H2,1H3,(H,23,25)(H,24,26). The van der Waals surface area contributed by atoms with Gasteiger partial charge in [-0.15, -0.1) is 0 Å². The lowest BCUT2D eigenvalue weighted by atomic mass is 9.94. The lowest BCUT2D eigenvalue weighted by Crippen LogP contribution is -2.33. The summed E-state index contributed by atoms with van der Waals surface area (Å²) < 4.78 is 16.5. The molecule has 0 atom stereocenters. The highest BCUT2D eigenvalue weighted by atomic mass is 35.5. The van der Waals surface area contributed by atoms with Gasteiger partial charge >= 0.3 is 6.09 Å². The first-order chi connectivity index (χ1) is 14.1. The van der Waals surface area contributed by atoms with E-state index in [0.717, 1.165) is 15.8 Å². The molecule has 2 aromatic rings. The predicted molar refractivity (Wildman–Crippen MR) is 110 cm³/mol. The molecule has 156 valence electrons. The Kier molecular flexibility index (Phi) is 7.69. The first kappa shape index (κ1) is 21.4. The van der Waals surface area contributed by atoms with Gasteiger partial charge in [-0.2, -0.15) is 0 Å². The van der Waals surface area contributed by atoms with E-state index in [-0.39, 0.29) is 24.7 Å². The van der Waals surface area contributed by atoms with E-state index in [1.54, 1.807) is 0 Å². The van der Waals surface area contributed by atoms with E-state index in [9.17, 15) is 9.59 Å². The Hall–Kier alpha value is -2.35. The Bertz CT molecular complexity index is 852. The molecule has 3 rings (SSSR count). The Balaban J connectivity index is 1.40. The fourth-order valence-corrected chi connectivity index (χ4v) is 3.42. The van der Waals surface area contributed by atoms with Gasteiger partial charge < -0.3 is 24.8 Å². The van der Waals surface area contributed by atoms with E-state index in [4.69, 9.17) is 25.8 Å². The van der Waals surface area contributed by atoms with Gasteiger partial charge in [0, 0.05) is 31.0 Å². The molecular formula is C21H25ClN2O5. The minimum atomic E-state index is -0.616. The molecule has 1 saturated heterocycles. The number of nitrogens with one attached hydrogen (secondary N) is 2. The van der Waals surface area contributed by atoms with Crippen LogP contribution in [0.1, 0.15) is 24.3 Å². The average Bonchev–Trinajstić information content (AvgIpc) is 2.74. The van der Waals surface area contributed by atoms with Crippen LogP contribution in [0.3, 0.4) is 0 Å². The fourth-order valence-electron chi connectivity index (χ4n) is 3.24. The van der Waals surface area contributed by atoms with Crippen LogP contribution in [0.15, 0.2) is 36.4 Å². The quantitative estimate of drug-likeness (QED) is 0.672. The molecule has 2 amide bonds. The molecule has 0 radical (unpaired) electrons. The van der Waals surface area contributed by atoms with Crippen molar-refractivity contribution in [3.8, 4) is 0 Å². The number of amides is 2. The summed E-state index contributed by atoms with van der Waals surface area (Å²) in [4.78, 5) is 22.5. The molecule has 8 heteroatoms. The number of fused-ring (bicyclic) bond motifs is 1. The van der Waals surface area contributed by atoms with Crippen molar-refractivity contribution in [3.63, 3.8) is 0 Å². The SMILES string of the molecule is CNC(=O)COC(=O)NCCCC1OCC(c2cccc3cc(Cl)ccc23)CO1. The molecule has 1 aliphatic heterocycles. The number of hydrogen-bond donors (Lipinski definition) is 2. The van der Waals surface area contributed by atoms with Crippen molar-refractivity contribution in [1.29, 1.82) is 0 Å². The van der Waals surface area contributed by atoms with Crippen LogP contribution in [0.2, 0.25) is 5.02 Å². The highest BCUT2D eigenvalue weighted by Gasteiger charge is 2.24. The average molecular weight is 421 g/mol. The number of alkyl carbamates (subject to hydrolysis) is 1. The van der Waals surface area contributed by atoms with Gasteiger partial charge in [0.25, 0.3) is 5.91 Å². The molecule has 0 unspecified atom stereocenters. The molecule has 7 nitrogen and oxygen atoms in total. The van der Waals surface area contributed by atoms with E-state index in [1.165, 1.54) is 12.6 Å². The maximum Gasteiger partial charge on any atom is 0.407 e. The Labute approximate surface area is 174 Å². The molecule has 2 aromatic carbocycles. The smallest absolute Gasteiger partial charge is 0.407 e. The van der Waals surface area contributed by atoms with Gasteiger partial charge in [-0.25, -0.2) is 4.79 Å². The summed E-state index contributed by atoms with van der Waals surface area (Å²) in [5.74, 6) is -0.193. The molecule has 0 aliphatic carbocycles. The van der Waals surface area contributed by atoms with E-state index in [2.05, 4.69) is 16.7 Å². The Morgan fingerprint density at radius 2 is 2.00 bits per heavy atom. The molecule has 0 bridgehead atoms. The Morgan fingerprint density at radius 3 is 2.76 bits per heavy atom. The molecule has 0 saturated carbocycles. The normalized spacial score (nSPS) is 19.0. The lowest BCUT2D eigenvalue weighted by molar-refractivity contribution is -0.189. The van der Waals surface area contributed by atoms with E-state index in [1.807, 2.05) is 30.3 Å². The van der Waals surface area contributed by atoms with Crippen molar-refractivity contribution in [1.82, 2.24) is 10.6 Å². The van der Waals surface area contributed by atoms with Gasteiger partial charge in [0.2, 0.25) is 0 Å². The van der Waals surface area contributed by atoms with Gasteiger partial charge in [-0.05, 0) is 34.9 Å². The summed E-state index contributed by atoms with van der Waals surface area (Å²) in [6, 6.07) is 12.1. The summed E-state index contributed by atoms with van der Waals surface area (Å²) in [6.45, 7) is 1.28. The first-order valence-corrected chi connectivity index (χ1v) is 9.97. The second-order valence-corrected chi connectivity index (χ2v) is 7.26. The molecule has 1 aliphatic rings. The van der Waals surface area contributed by atoms with Gasteiger partial charge in [-0.3, -0.25) is 4.79 Å². The van der Waals surface area contributed by atoms with Crippen LogP contribution in [-0.2, 0) is 19.0 Å². The van der Waals surface area contributed by atoms with Crippen molar-refractivity contribution in [2.75, 3.05) is 33.4 Å². The van der Waals surface area contributed by atoms with Crippen LogP contribution in [-0.4, -0.2) is 51.7 Å². The monoisotopic (exact) mass is 420 g/mol. The van der Waals surface area contributed by atoms with Gasteiger partial charge in [0.1, 0.15) is 0 Å². The number of carbonyl (C=O) groups is 2.